The lowest BCUT2D eigenvalue weighted by molar-refractivity contribution is 0.0597. The molecule has 2 rings (SSSR count). The Morgan fingerprint density at radius 1 is 1.12 bits per heavy atom. The Labute approximate surface area is 98.1 Å². The molecule has 16 heavy (non-hydrogen) atoms. The number of benzene rings is 1. The van der Waals surface area contributed by atoms with Crippen LogP contribution in [-0.2, 0) is 14.7 Å². The molecule has 2 nitrogen and oxygen atoms in total. The fraction of sp³-hybridized carbons (Fsp3) is 0.538. The molecule has 1 fully saturated rings. The van der Waals surface area contributed by atoms with Crippen molar-refractivity contribution in [2.24, 2.45) is 0 Å². The maximum Gasteiger partial charge on any atom is 0.459 e. The Morgan fingerprint density at radius 3 is 2.19 bits per heavy atom. The first-order chi connectivity index (χ1) is 7.62. The second-order valence-corrected chi connectivity index (χ2v) is 5.16. The number of rotatable bonds is 2. The Morgan fingerprint density at radius 2 is 1.69 bits per heavy atom. The minimum absolute atomic E-state index is 0.00729. The van der Waals surface area contributed by atoms with E-state index in [-0.39, 0.29) is 12.5 Å². The highest BCUT2D eigenvalue weighted by atomic mass is 16.6. The highest BCUT2D eigenvalue weighted by Gasteiger charge is 2.37. The van der Waals surface area contributed by atoms with E-state index in [1.165, 1.54) is 5.56 Å². The first-order valence-corrected chi connectivity index (χ1v) is 5.90. The Hall–Kier alpha value is -0.795. The van der Waals surface area contributed by atoms with Gasteiger partial charge in [-0.2, -0.15) is 0 Å². The van der Waals surface area contributed by atoms with Gasteiger partial charge in [-0.1, -0.05) is 51.1 Å². The van der Waals surface area contributed by atoms with Crippen LogP contribution in [0.4, 0.5) is 0 Å². The van der Waals surface area contributed by atoms with Crippen molar-refractivity contribution in [3.63, 3.8) is 0 Å². The van der Waals surface area contributed by atoms with E-state index in [9.17, 15) is 0 Å². The minimum Gasteiger partial charge on any atom is -0.410 e. The molecule has 0 saturated carbocycles. The summed E-state index contributed by atoms with van der Waals surface area (Å²) in [6, 6.07) is 10.4. The second-order valence-electron chi connectivity index (χ2n) is 5.16. The van der Waals surface area contributed by atoms with Crippen LogP contribution in [0.3, 0.4) is 0 Å². The molecular weight excluding hydrogens is 199 g/mol. The summed E-state index contributed by atoms with van der Waals surface area (Å²) >= 11 is 0. The Bertz CT molecular complexity index is 329. The van der Waals surface area contributed by atoms with Crippen molar-refractivity contribution in [2.75, 3.05) is 13.2 Å². The van der Waals surface area contributed by atoms with Gasteiger partial charge in [-0.05, 0) is 11.4 Å². The zero-order chi connectivity index (χ0) is 11.6. The van der Waals surface area contributed by atoms with Crippen molar-refractivity contribution >= 4 is 7.12 Å². The third-order valence-electron chi connectivity index (χ3n) is 3.15. The average molecular weight is 218 g/mol. The van der Waals surface area contributed by atoms with E-state index >= 15 is 0 Å². The molecular formula is C13H19BO2. The van der Waals surface area contributed by atoms with Gasteiger partial charge in [0.05, 0.1) is 0 Å². The molecule has 0 N–H and O–H groups in total. The van der Waals surface area contributed by atoms with Crippen LogP contribution in [0.1, 0.15) is 26.3 Å². The number of hydrogen-bond acceptors (Lipinski definition) is 2. The van der Waals surface area contributed by atoms with Gasteiger partial charge in [-0.15, -0.1) is 0 Å². The molecule has 0 unspecified atom stereocenters. The molecule has 1 aliphatic rings. The molecule has 86 valence electrons. The molecule has 0 amide bonds. The van der Waals surface area contributed by atoms with Gasteiger partial charge in [0.1, 0.15) is 0 Å². The molecule has 1 aromatic rings. The Balaban J connectivity index is 2.07. The fourth-order valence-corrected chi connectivity index (χ4v) is 2.01. The van der Waals surface area contributed by atoms with Gasteiger partial charge in [0.2, 0.25) is 0 Å². The molecule has 0 spiro atoms. The van der Waals surface area contributed by atoms with Gasteiger partial charge in [0.25, 0.3) is 0 Å². The monoisotopic (exact) mass is 218 g/mol. The van der Waals surface area contributed by atoms with Crippen LogP contribution in [0, 0.1) is 0 Å². The standard InChI is InChI=1S/C13H19BO2/c1-11(2)14-15-9-13(3,10-16-14)12-7-5-4-6-8-12/h4-8,11H,9-10H2,1-3H3. The van der Waals surface area contributed by atoms with Crippen LogP contribution in [-0.4, -0.2) is 20.3 Å². The summed E-state index contributed by atoms with van der Waals surface area (Å²) in [5.41, 5.74) is 1.28. The summed E-state index contributed by atoms with van der Waals surface area (Å²) in [5.74, 6) is 0.417. The molecule has 3 heteroatoms. The van der Waals surface area contributed by atoms with Crippen molar-refractivity contribution < 1.29 is 9.31 Å². The predicted molar refractivity (Wildman–Crippen MR) is 66.6 cm³/mol. The molecule has 0 aromatic heterocycles. The van der Waals surface area contributed by atoms with Crippen LogP contribution in [0.2, 0.25) is 5.82 Å². The molecule has 0 bridgehead atoms. The minimum atomic E-state index is -0.0446. The lowest BCUT2D eigenvalue weighted by atomic mass is 9.71. The zero-order valence-electron chi connectivity index (χ0n) is 10.3. The van der Waals surface area contributed by atoms with E-state index in [2.05, 4.69) is 45.0 Å². The second kappa shape index (κ2) is 4.60. The summed E-state index contributed by atoms with van der Waals surface area (Å²) in [7, 11) is -0.0446. The maximum atomic E-state index is 5.79. The van der Waals surface area contributed by atoms with Gasteiger partial charge in [-0.25, -0.2) is 0 Å². The van der Waals surface area contributed by atoms with Crippen molar-refractivity contribution in [3.05, 3.63) is 35.9 Å². The van der Waals surface area contributed by atoms with Crippen LogP contribution < -0.4 is 0 Å². The molecule has 1 heterocycles. The lowest BCUT2D eigenvalue weighted by Gasteiger charge is -2.37. The van der Waals surface area contributed by atoms with Gasteiger partial charge in [0.15, 0.2) is 0 Å². The average Bonchev–Trinajstić information content (AvgIpc) is 2.31. The molecule has 1 aromatic carbocycles. The van der Waals surface area contributed by atoms with Crippen molar-refractivity contribution in [2.45, 2.75) is 32.0 Å². The summed E-state index contributed by atoms with van der Waals surface area (Å²) in [6.07, 6.45) is 0. The van der Waals surface area contributed by atoms with E-state index in [0.29, 0.717) is 5.82 Å². The normalized spacial score (nSPS) is 20.1. The lowest BCUT2D eigenvalue weighted by Crippen LogP contribution is -2.46. The van der Waals surface area contributed by atoms with E-state index in [1.54, 1.807) is 0 Å². The van der Waals surface area contributed by atoms with Gasteiger partial charge in [0, 0.05) is 18.6 Å². The third-order valence-corrected chi connectivity index (χ3v) is 3.15. The van der Waals surface area contributed by atoms with Gasteiger partial charge in [-0.3, -0.25) is 0 Å². The van der Waals surface area contributed by atoms with Gasteiger partial charge < -0.3 is 9.31 Å². The zero-order valence-corrected chi connectivity index (χ0v) is 10.3. The highest BCUT2D eigenvalue weighted by molar-refractivity contribution is 6.46. The van der Waals surface area contributed by atoms with E-state index in [1.807, 2.05) is 6.07 Å². The maximum absolute atomic E-state index is 5.79. The van der Waals surface area contributed by atoms with Crippen LogP contribution in [0.25, 0.3) is 0 Å². The summed E-state index contributed by atoms with van der Waals surface area (Å²) in [6.45, 7) is 7.91. The first-order valence-electron chi connectivity index (χ1n) is 5.90. The van der Waals surface area contributed by atoms with E-state index in [4.69, 9.17) is 9.31 Å². The Kier molecular flexibility index (Phi) is 3.36. The van der Waals surface area contributed by atoms with Crippen molar-refractivity contribution in [1.29, 1.82) is 0 Å². The molecule has 0 atom stereocenters. The first kappa shape index (κ1) is 11.7. The quantitative estimate of drug-likeness (QED) is 0.710. The molecule has 1 aliphatic heterocycles. The summed E-state index contributed by atoms with van der Waals surface area (Å²) in [5, 5.41) is 0. The predicted octanol–water partition coefficient (Wildman–Crippen LogP) is 2.89. The van der Waals surface area contributed by atoms with E-state index < -0.39 is 0 Å². The largest absolute Gasteiger partial charge is 0.459 e. The summed E-state index contributed by atoms with van der Waals surface area (Å²) < 4.78 is 11.6. The molecule has 0 aliphatic carbocycles. The highest BCUT2D eigenvalue weighted by Crippen LogP contribution is 2.30. The van der Waals surface area contributed by atoms with E-state index in [0.717, 1.165) is 13.2 Å². The van der Waals surface area contributed by atoms with Crippen LogP contribution >= 0.6 is 0 Å². The SMILES string of the molecule is CC(C)B1OCC(C)(c2ccccc2)CO1. The van der Waals surface area contributed by atoms with Crippen molar-refractivity contribution in [3.8, 4) is 0 Å². The van der Waals surface area contributed by atoms with Crippen molar-refractivity contribution in [1.82, 2.24) is 0 Å². The molecule has 1 saturated heterocycles. The smallest absolute Gasteiger partial charge is 0.410 e. The third kappa shape index (κ3) is 2.31. The number of hydrogen-bond donors (Lipinski definition) is 0. The van der Waals surface area contributed by atoms with Gasteiger partial charge >= 0.3 is 7.12 Å². The fourth-order valence-electron chi connectivity index (χ4n) is 2.01. The summed E-state index contributed by atoms with van der Waals surface area (Å²) in [4.78, 5) is 0. The molecule has 0 radical (unpaired) electrons. The topological polar surface area (TPSA) is 18.5 Å². The van der Waals surface area contributed by atoms with Crippen LogP contribution in [0.5, 0.6) is 0 Å². The van der Waals surface area contributed by atoms with Crippen LogP contribution in [0.15, 0.2) is 30.3 Å².